The Morgan fingerprint density at radius 2 is 1.70 bits per heavy atom. The number of hydrogen-bond donors (Lipinski definition) is 3. The molecule has 0 atom stereocenters. The molecule has 0 saturated heterocycles. The van der Waals surface area contributed by atoms with Gasteiger partial charge in [0.25, 0.3) is 5.91 Å². The Morgan fingerprint density at radius 1 is 1.10 bits per heavy atom. The number of phenolic OH excluding ortho intramolecular Hbond substituents is 1. The second-order valence-corrected chi connectivity index (χ2v) is 4.87. The average Bonchev–Trinajstić information content (AvgIpc) is 2.41. The largest absolute Gasteiger partial charge is 0.508 e. The summed E-state index contributed by atoms with van der Waals surface area (Å²) in [6, 6.07) is 13.4. The van der Waals surface area contributed by atoms with Crippen LogP contribution >= 0.6 is 12.2 Å². The van der Waals surface area contributed by atoms with E-state index in [1.807, 2.05) is 12.1 Å². The predicted molar refractivity (Wildman–Crippen MR) is 83.0 cm³/mol. The van der Waals surface area contributed by atoms with Crippen LogP contribution < -0.4 is 11.1 Å². The molecule has 0 radical (unpaired) electrons. The van der Waals surface area contributed by atoms with Gasteiger partial charge >= 0.3 is 0 Å². The molecular formula is C15H14N2O2S. The van der Waals surface area contributed by atoms with Crippen LogP contribution in [0.4, 0.5) is 5.69 Å². The smallest absolute Gasteiger partial charge is 0.255 e. The Balaban J connectivity index is 2.04. The number of phenols is 1. The number of nitrogens with two attached hydrogens (primary N) is 1. The first-order valence-electron chi connectivity index (χ1n) is 6.02. The summed E-state index contributed by atoms with van der Waals surface area (Å²) in [5.41, 5.74) is 7.64. The maximum atomic E-state index is 12.0. The highest BCUT2D eigenvalue weighted by molar-refractivity contribution is 7.80. The van der Waals surface area contributed by atoms with Crippen molar-refractivity contribution in [2.45, 2.75) is 6.42 Å². The molecule has 0 aromatic heterocycles. The molecule has 1 amide bonds. The lowest BCUT2D eigenvalue weighted by Crippen LogP contribution is -2.12. The fraction of sp³-hybridized carbons (Fsp3) is 0.0667. The molecule has 5 heteroatoms. The zero-order valence-corrected chi connectivity index (χ0v) is 11.5. The summed E-state index contributed by atoms with van der Waals surface area (Å²) < 4.78 is 0. The third-order valence-electron chi connectivity index (χ3n) is 2.72. The van der Waals surface area contributed by atoms with Gasteiger partial charge in [0.1, 0.15) is 5.75 Å². The molecule has 0 heterocycles. The molecule has 0 aliphatic carbocycles. The normalized spacial score (nSPS) is 10.0. The van der Waals surface area contributed by atoms with Crippen molar-refractivity contribution >= 4 is 28.8 Å². The van der Waals surface area contributed by atoms with Crippen molar-refractivity contribution in [1.82, 2.24) is 0 Å². The van der Waals surface area contributed by atoms with Crippen LogP contribution in [-0.2, 0) is 6.42 Å². The van der Waals surface area contributed by atoms with Gasteiger partial charge in [-0.3, -0.25) is 4.79 Å². The molecule has 20 heavy (non-hydrogen) atoms. The zero-order chi connectivity index (χ0) is 14.5. The topological polar surface area (TPSA) is 75.3 Å². The minimum atomic E-state index is -0.230. The summed E-state index contributed by atoms with van der Waals surface area (Å²) in [6.45, 7) is 0. The Bertz CT molecular complexity index is 621. The molecule has 0 fully saturated rings. The van der Waals surface area contributed by atoms with Crippen LogP contribution in [0.3, 0.4) is 0 Å². The van der Waals surface area contributed by atoms with Gasteiger partial charge in [-0.1, -0.05) is 24.4 Å². The van der Waals surface area contributed by atoms with E-state index in [0.717, 1.165) is 5.56 Å². The lowest BCUT2D eigenvalue weighted by molar-refractivity contribution is 0.102. The maximum Gasteiger partial charge on any atom is 0.255 e. The van der Waals surface area contributed by atoms with Crippen LogP contribution in [0.2, 0.25) is 0 Å². The highest BCUT2D eigenvalue weighted by atomic mass is 32.1. The third kappa shape index (κ3) is 3.80. The lowest BCUT2D eigenvalue weighted by atomic mass is 10.1. The van der Waals surface area contributed by atoms with E-state index < -0.39 is 0 Å². The fourth-order valence-electron chi connectivity index (χ4n) is 1.72. The molecule has 0 saturated carbocycles. The zero-order valence-electron chi connectivity index (χ0n) is 10.7. The fourth-order valence-corrected chi connectivity index (χ4v) is 1.89. The van der Waals surface area contributed by atoms with Crippen molar-refractivity contribution < 1.29 is 9.90 Å². The summed E-state index contributed by atoms with van der Waals surface area (Å²) >= 11 is 4.84. The van der Waals surface area contributed by atoms with Crippen molar-refractivity contribution in [3.05, 3.63) is 59.7 Å². The van der Waals surface area contributed by atoms with Crippen molar-refractivity contribution in [3.63, 3.8) is 0 Å². The molecule has 0 aliphatic heterocycles. The van der Waals surface area contributed by atoms with E-state index in [4.69, 9.17) is 18.0 Å². The summed E-state index contributed by atoms with van der Waals surface area (Å²) in [7, 11) is 0. The first kappa shape index (κ1) is 14.0. The van der Waals surface area contributed by atoms with Crippen LogP contribution in [0.1, 0.15) is 15.9 Å². The average molecular weight is 286 g/mol. The van der Waals surface area contributed by atoms with Gasteiger partial charge in [-0.2, -0.15) is 0 Å². The van der Waals surface area contributed by atoms with E-state index >= 15 is 0 Å². The summed E-state index contributed by atoms with van der Waals surface area (Å²) in [4.78, 5) is 12.4. The molecule has 2 aromatic carbocycles. The number of carbonyl (C=O) groups is 1. The van der Waals surface area contributed by atoms with Crippen LogP contribution in [-0.4, -0.2) is 16.0 Å². The molecule has 0 bridgehead atoms. The summed E-state index contributed by atoms with van der Waals surface area (Å²) in [5.74, 6) is -0.101. The predicted octanol–water partition coefficient (Wildman–Crippen LogP) is 2.47. The molecule has 0 aliphatic rings. The first-order valence-corrected chi connectivity index (χ1v) is 6.43. The standard InChI is InChI=1S/C15H14N2O2S/c16-14(20)9-10-1-5-12(6-2-10)17-15(19)11-3-7-13(18)8-4-11/h1-8,18H,9H2,(H2,16,20)(H,17,19). The van der Waals surface area contributed by atoms with Crippen LogP contribution in [0.5, 0.6) is 5.75 Å². The van der Waals surface area contributed by atoms with E-state index in [9.17, 15) is 9.90 Å². The van der Waals surface area contributed by atoms with Crippen LogP contribution in [0, 0.1) is 0 Å². The second-order valence-electron chi connectivity index (χ2n) is 4.34. The van der Waals surface area contributed by atoms with E-state index in [2.05, 4.69) is 5.32 Å². The molecule has 0 spiro atoms. The van der Waals surface area contributed by atoms with Crippen molar-refractivity contribution in [2.24, 2.45) is 5.73 Å². The maximum absolute atomic E-state index is 12.0. The van der Waals surface area contributed by atoms with E-state index in [1.165, 1.54) is 12.1 Å². The summed E-state index contributed by atoms with van der Waals surface area (Å²) in [5, 5.41) is 12.0. The van der Waals surface area contributed by atoms with Crippen molar-refractivity contribution in [3.8, 4) is 5.75 Å². The van der Waals surface area contributed by atoms with Gasteiger partial charge in [-0.15, -0.1) is 0 Å². The second kappa shape index (κ2) is 6.16. The van der Waals surface area contributed by atoms with Gasteiger partial charge in [0.15, 0.2) is 0 Å². The minimum Gasteiger partial charge on any atom is -0.508 e. The van der Waals surface area contributed by atoms with Crippen LogP contribution in [0.25, 0.3) is 0 Å². The number of hydrogen-bond acceptors (Lipinski definition) is 3. The quantitative estimate of drug-likeness (QED) is 0.755. The highest BCUT2D eigenvalue weighted by Crippen LogP contribution is 2.14. The molecule has 4 N–H and O–H groups in total. The number of amides is 1. The number of benzene rings is 2. The Labute approximate surface area is 122 Å². The molecule has 0 unspecified atom stereocenters. The number of carbonyl (C=O) groups excluding carboxylic acids is 1. The van der Waals surface area contributed by atoms with E-state index in [0.29, 0.717) is 22.7 Å². The Morgan fingerprint density at radius 3 is 2.25 bits per heavy atom. The van der Waals surface area contributed by atoms with Gasteiger partial charge in [-0.05, 0) is 42.0 Å². The number of aromatic hydroxyl groups is 1. The number of anilines is 1. The highest BCUT2D eigenvalue weighted by Gasteiger charge is 2.06. The van der Waals surface area contributed by atoms with Crippen LogP contribution in [0.15, 0.2) is 48.5 Å². The molecule has 4 nitrogen and oxygen atoms in total. The SMILES string of the molecule is NC(=S)Cc1ccc(NC(=O)c2ccc(O)cc2)cc1. The Kier molecular flexibility index (Phi) is 4.32. The molecule has 2 rings (SSSR count). The molecule has 102 valence electrons. The Hall–Kier alpha value is -2.40. The van der Waals surface area contributed by atoms with E-state index in [-0.39, 0.29) is 11.7 Å². The van der Waals surface area contributed by atoms with E-state index in [1.54, 1.807) is 24.3 Å². The minimum absolute atomic E-state index is 0.128. The summed E-state index contributed by atoms with van der Waals surface area (Å²) in [6.07, 6.45) is 0.543. The monoisotopic (exact) mass is 286 g/mol. The molecular weight excluding hydrogens is 272 g/mol. The van der Waals surface area contributed by atoms with Crippen molar-refractivity contribution in [1.29, 1.82) is 0 Å². The van der Waals surface area contributed by atoms with Crippen molar-refractivity contribution in [2.75, 3.05) is 5.32 Å². The number of nitrogens with one attached hydrogen (secondary N) is 1. The molecule has 2 aromatic rings. The number of thiocarbonyl (C=S) groups is 1. The number of rotatable bonds is 4. The van der Waals surface area contributed by atoms with Gasteiger partial charge < -0.3 is 16.2 Å². The first-order chi connectivity index (χ1) is 9.54. The third-order valence-corrected chi connectivity index (χ3v) is 2.86. The van der Waals surface area contributed by atoms with Gasteiger partial charge in [-0.25, -0.2) is 0 Å². The lowest BCUT2D eigenvalue weighted by Gasteiger charge is -2.06. The van der Waals surface area contributed by atoms with Gasteiger partial charge in [0, 0.05) is 17.7 Å². The van der Waals surface area contributed by atoms with Gasteiger partial charge in [0.05, 0.1) is 4.99 Å². The van der Waals surface area contributed by atoms with Gasteiger partial charge in [0.2, 0.25) is 0 Å².